The Morgan fingerprint density at radius 2 is 1.54 bits per heavy atom. The molecule has 3 aromatic carbocycles. The minimum absolute atomic E-state index is 0.0604. The normalized spacial score (nSPS) is 11.2. The van der Waals surface area contributed by atoms with Crippen LogP contribution in [0.25, 0.3) is 0 Å². The molecule has 0 aliphatic rings. The number of hydrogen-bond donors (Lipinski definition) is 2. The van der Waals surface area contributed by atoms with E-state index in [9.17, 15) is 12.8 Å². The van der Waals surface area contributed by atoms with Crippen molar-refractivity contribution < 1.29 is 12.8 Å². The molecule has 0 radical (unpaired) electrons. The molecule has 3 aromatic rings. The third-order valence-corrected chi connectivity index (χ3v) is 5.44. The standard InChI is InChI=1S/C20H19FN2O2S/c1-15-13-17(21)7-12-20(15)26(24,25)23-19-10-8-18(9-11-19)22-14-16-5-3-2-4-6-16/h2-13,22-23H,14H2,1H3. The summed E-state index contributed by atoms with van der Waals surface area (Å²) in [5.74, 6) is -0.463. The average Bonchev–Trinajstić information content (AvgIpc) is 2.61. The average molecular weight is 370 g/mol. The summed E-state index contributed by atoms with van der Waals surface area (Å²) >= 11 is 0. The number of aryl methyl sites for hydroxylation is 1. The van der Waals surface area contributed by atoms with Crippen molar-refractivity contribution in [2.75, 3.05) is 10.0 Å². The Balaban J connectivity index is 1.68. The van der Waals surface area contributed by atoms with Gasteiger partial charge in [-0.1, -0.05) is 30.3 Å². The molecular formula is C20H19FN2O2S. The molecule has 0 fully saturated rings. The lowest BCUT2D eigenvalue weighted by molar-refractivity contribution is 0.598. The van der Waals surface area contributed by atoms with E-state index in [2.05, 4.69) is 10.0 Å². The third-order valence-electron chi connectivity index (χ3n) is 3.90. The van der Waals surface area contributed by atoms with Gasteiger partial charge in [-0.15, -0.1) is 0 Å². The second-order valence-electron chi connectivity index (χ2n) is 5.93. The monoisotopic (exact) mass is 370 g/mol. The predicted molar refractivity (Wildman–Crippen MR) is 102 cm³/mol. The largest absolute Gasteiger partial charge is 0.381 e. The molecule has 0 saturated heterocycles. The third kappa shape index (κ3) is 4.40. The maximum Gasteiger partial charge on any atom is 0.262 e. The van der Waals surface area contributed by atoms with E-state index in [1.165, 1.54) is 12.1 Å². The van der Waals surface area contributed by atoms with Crippen molar-refractivity contribution in [3.05, 3.63) is 89.7 Å². The van der Waals surface area contributed by atoms with Crippen LogP contribution < -0.4 is 10.0 Å². The molecule has 0 saturated carbocycles. The topological polar surface area (TPSA) is 58.2 Å². The van der Waals surface area contributed by atoms with Gasteiger partial charge in [-0.3, -0.25) is 4.72 Å². The van der Waals surface area contributed by atoms with Gasteiger partial charge in [-0.05, 0) is 60.5 Å². The van der Waals surface area contributed by atoms with Crippen LogP contribution in [0.15, 0.2) is 77.7 Å². The number of sulfonamides is 1. The first-order chi connectivity index (χ1) is 12.4. The summed E-state index contributed by atoms with van der Waals surface area (Å²) in [6.45, 7) is 2.24. The van der Waals surface area contributed by atoms with Gasteiger partial charge in [-0.25, -0.2) is 12.8 Å². The first kappa shape index (κ1) is 17.9. The summed E-state index contributed by atoms with van der Waals surface area (Å²) < 4.78 is 40.7. The lowest BCUT2D eigenvalue weighted by atomic mass is 10.2. The molecule has 0 spiro atoms. The highest BCUT2D eigenvalue weighted by molar-refractivity contribution is 7.92. The SMILES string of the molecule is Cc1cc(F)ccc1S(=O)(=O)Nc1ccc(NCc2ccccc2)cc1. The molecule has 0 atom stereocenters. The molecule has 0 heterocycles. The van der Waals surface area contributed by atoms with Gasteiger partial charge in [0.05, 0.1) is 4.90 Å². The van der Waals surface area contributed by atoms with E-state index in [1.807, 2.05) is 30.3 Å². The number of hydrogen-bond acceptors (Lipinski definition) is 3. The highest BCUT2D eigenvalue weighted by Gasteiger charge is 2.17. The molecule has 0 aromatic heterocycles. The van der Waals surface area contributed by atoms with Crippen molar-refractivity contribution in [3.8, 4) is 0 Å². The van der Waals surface area contributed by atoms with Crippen molar-refractivity contribution in [1.29, 1.82) is 0 Å². The van der Waals surface area contributed by atoms with Crippen LogP contribution in [0.4, 0.5) is 15.8 Å². The maximum atomic E-state index is 13.2. The van der Waals surface area contributed by atoms with Crippen LogP contribution in [-0.2, 0) is 16.6 Å². The molecule has 0 unspecified atom stereocenters. The molecule has 0 aliphatic heterocycles. The molecule has 26 heavy (non-hydrogen) atoms. The van der Waals surface area contributed by atoms with Crippen LogP contribution in [0.5, 0.6) is 0 Å². The van der Waals surface area contributed by atoms with Gasteiger partial charge in [0.15, 0.2) is 0 Å². The summed E-state index contributed by atoms with van der Waals surface area (Å²) in [5, 5.41) is 3.28. The molecule has 2 N–H and O–H groups in total. The molecule has 134 valence electrons. The molecule has 6 heteroatoms. The first-order valence-corrected chi connectivity index (χ1v) is 9.59. The van der Waals surface area contributed by atoms with Crippen LogP contribution in [0.3, 0.4) is 0 Å². The van der Waals surface area contributed by atoms with Crippen LogP contribution in [-0.4, -0.2) is 8.42 Å². The smallest absolute Gasteiger partial charge is 0.262 e. The predicted octanol–water partition coefficient (Wildman–Crippen LogP) is 4.55. The van der Waals surface area contributed by atoms with Crippen molar-refractivity contribution in [2.45, 2.75) is 18.4 Å². The molecule has 4 nitrogen and oxygen atoms in total. The van der Waals surface area contributed by atoms with Crippen LogP contribution >= 0.6 is 0 Å². The number of rotatable bonds is 6. The molecule has 0 amide bonds. The zero-order chi connectivity index (χ0) is 18.6. The van der Waals surface area contributed by atoms with E-state index in [1.54, 1.807) is 31.2 Å². The van der Waals surface area contributed by atoms with Gasteiger partial charge in [0.1, 0.15) is 5.82 Å². The van der Waals surface area contributed by atoms with Crippen molar-refractivity contribution in [3.63, 3.8) is 0 Å². The van der Waals surface area contributed by atoms with E-state index in [0.29, 0.717) is 17.8 Å². The van der Waals surface area contributed by atoms with Crippen molar-refractivity contribution in [1.82, 2.24) is 0 Å². The number of anilines is 2. The second kappa shape index (κ2) is 7.58. The van der Waals surface area contributed by atoms with Crippen LogP contribution in [0.1, 0.15) is 11.1 Å². The van der Waals surface area contributed by atoms with Crippen LogP contribution in [0, 0.1) is 12.7 Å². The minimum Gasteiger partial charge on any atom is -0.381 e. The highest BCUT2D eigenvalue weighted by Crippen LogP contribution is 2.21. The van der Waals surface area contributed by atoms with E-state index < -0.39 is 15.8 Å². The Kier molecular flexibility index (Phi) is 5.23. The Bertz CT molecular complexity index is 988. The number of halogens is 1. The Morgan fingerprint density at radius 3 is 2.19 bits per heavy atom. The second-order valence-corrected chi connectivity index (χ2v) is 7.58. The Hall–Kier alpha value is -2.86. The van der Waals surface area contributed by atoms with Crippen molar-refractivity contribution in [2.24, 2.45) is 0 Å². The summed E-state index contributed by atoms with van der Waals surface area (Å²) in [4.78, 5) is 0.0604. The summed E-state index contributed by atoms with van der Waals surface area (Å²) in [6, 6.07) is 20.6. The fourth-order valence-electron chi connectivity index (χ4n) is 2.58. The summed E-state index contributed by atoms with van der Waals surface area (Å²) in [6.07, 6.45) is 0. The van der Waals surface area contributed by atoms with E-state index >= 15 is 0 Å². The number of benzene rings is 3. The summed E-state index contributed by atoms with van der Waals surface area (Å²) in [7, 11) is -3.77. The molecule has 0 bridgehead atoms. The highest BCUT2D eigenvalue weighted by atomic mass is 32.2. The lowest BCUT2D eigenvalue weighted by Crippen LogP contribution is -2.14. The Morgan fingerprint density at radius 1 is 0.885 bits per heavy atom. The fraction of sp³-hybridized carbons (Fsp3) is 0.100. The van der Waals surface area contributed by atoms with E-state index in [-0.39, 0.29) is 4.90 Å². The van der Waals surface area contributed by atoms with Gasteiger partial charge in [0.2, 0.25) is 0 Å². The molecule has 0 aliphatic carbocycles. The first-order valence-electron chi connectivity index (χ1n) is 8.11. The van der Waals surface area contributed by atoms with E-state index in [4.69, 9.17) is 0 Å². The van der Waals surface area contributed by atoms with Gasteiger partial charge >= 0.3 is 0 Å². The summed E-state index contributed by atoms with van der Waals surface area (Å²) in [5.41, 5.74) is 2.84. The lowest BCUT2D eigenvalue weighted by Gasteiger charge is -2.12. The Labute approximate surface area is 152 Å². The van der Waals surface area contributed by atoms with Crippen molar-refractivity contribution >= 4 is 21.4 Å². The number of nitrogens with one attached hydrogen (secondary N) is 2. The zero-order valence-corrected chi connectivity index (χ0v) is 15.1. The molecule has 3 rings (SSSR count). The quantitative estimate of drug-likeness (QED) is 0.669. The fourth-order valence-corrected chi connectivity index (χ4v) is 3.87. The van der Waals surface area contributed by atoms with Gasteiger partial charge in [-0.2, -0.15) is 0 Å². The van der Waals surface area contributed by atoms with Gasteiger partial charge in [0, 0.05) is 17.9 Å². The maximum absolute atomic E-state index is 13.2. The van der Waals surface area contributed by atoms with Gasteiger partial charge in [0.25, 0.3) is 10.0 Å². The molecular weight excluding hydrogens is 351 g/mol. The van der Waals surface area contributed by atoms with E-state index in [0.717, 1.165) is 17.3 Å². The van der Waals surface area contributed by atoms with Crippen LogP contribution in [0.2, 0.25) is 0 Å². The minimum atomic E-state index is -3.77. The van der Waals surface area contributed by atoms with Gasteiger partial charge < -0.3 is 5.32 Å². The zero-order valence-electron chi connectivity index (χ0n) is 14.2.